The molecule has 15 heavy (non-hydrogen) atoms. The van der Waals surface area contributed by atoms with Crippen molar-refractivity contribution in [1.82, 2.24) is 15.1 Å². The second kappa shape index (κ2) is 3.81. The topological polar surface area (TPSA) is 51.8 Å². The largest absolute Gasteiger partial charge is 0.334 e. The van der Waals surface area contributed by atoms with Crippen molar-refractivity contribution in [3.63, 3.8) is 0 Å². The normalized spacial score (nSPS) is 10.9. The lowest BCUT2D eigenvalue weighted by molar-refractivity contribution is 0.419. The maximum Gasteiger partial charge on any atom is 0.259 e. The van der Waals surface area contributed by atoms with Gasteiger partial charge in [0.2, 0.25) is 0 Å². The lowest BCUT2D eigenvalue weighted by Gasteiger charge is -1.94. The van der Waals surface area contributed by atoms with Gasteiger partial charge >= 0.3 is 0 Å². The molecule has 0 atom stereocenters. The molecule has 0 amide bonds. The van der Waals surface area contributed by atoms with Crippen LogP contribution in [0.25, 0.3) is 11.5 Å². The van der Waals surface area contributed by atoms with Crippen molar-refractivity contribution in [2.45, 2.75) is 26.7 Å². The van der Waals surface area contributed by atoms with E-state index in [0.29, 0.717) is 5.89 Å². The molecular formula is C11H13N3O. The van der Waals surface area contributed by atoms with Gasteiger partial charge in [0.15, 0.2) is 5.82 Å². The Morgan fingerprint density at radius 1 is 1.27 bits per heavy atom. The highest BCUT2D eigenvalue weighted by atomic mass is 16.5. The van der Waals surface area contributed by atoms with Crippen molar-refractivity contribution in [2.75, 3.05) is 0 Å². The third-order valence-electron chi connectivity index (χ3n) is 2.12. The molecule has 2 aromatic heterocycles. The van der Waals surface area contributed by atoms with E-state index in [9.17, 15) is 0 Å². The van der Waals surface area contributed by atoms with E-state index in [1.165, 1.54) is 0 Å². The summed E-state index contributed by atoms with van der Waals surface area (Å²) >= 11 is 0. The van der Waals surface area contributed by atoms with Crippen molar-refractivity contribution in [1.29, 1.82) is 0 Å². The van der Waals surface area contributed by atoms with Gasteiger partial charge in [-0.25, -0.2) is 0 Å². The molecule has 0 saturated heterocycles. The first-order valence-electron chi connectivity index (χ1n) is 4.93. The number of hydrogen-bond acceptors (Lipinski definition) is 4. The molecule has 0 bridgehead atoms. The number of hydrogen-bond donors (Lipinski definition) is 0. The Morgan fingerprint density at radius 3 is 2.60 bits per heavy atom. The van der Waals surface area contributed by atoms with Crippen molar-refractivity contribution in [2.24, 2.45) is 0 Å². The summed E-state index contributed by atoms with van der Waals surface area (Å²) in [7, 11) is 0. The first-order chi connectivity index (χ1) is 7.16. The summed E-state index contributed by atoms with van der Waals surface area (Å²) in [4.78, 5) is 8.47. The zero-order valence-corrected chi connectivity index (χ0v) is 9.06. The van der Waals surface area contributed by atoms with E-state index in [1.807, 2.05) is 32.9 Å². The zero-order chi connectivity index (χ0) is 10.8. The van der Waals surface area contributed by atoms with Gasteiger partial charge in [0.1, 0.15) is 0 Å². The minimum Gasteiger partial charge on any atom is -0.334 e. The third-order valence-corrected chi connectivity index (χ3v) is 2.12. The Balaban J connectivity index is 2.33. The summed E-state index contributed by atoms with van der Waals surface area (Å²) in [6, 6.07) is 3.86. The molecule has 0 aliphatic heterocycles. The number of rotatable bonds is 2. The highest BCUT2D eigenvalue weighted by Crippen LogP contribution is 2.18. The Bertz CT molecular complexity index is 445. The monoisotopic (exact) mass is 203 g/mol. The molecule has 4 heteroatoms. The molecule has 0 radical (unpaired) electrons. The summed E-state index contributed by atoms with van der Waals surface area (Å²) in [5.41, 5.74) is 1.84. The highest BCUT2D eigenvalue weighted by molar-refractivity contribution is 5.50. The molecule has 0 aliphatic rings. The Morgan fingerprint density at radius 2 is 2.07 bits per heavy atom. The van der Waals surface area contributed by atoms with Gasteiger partial charge in [-0.15, -0.1) is 0 Å². The molecular weight excluding hydrogens is 190 g/mol. The second-order valence-electron chi connectivity index (χ2n) is 3.80. The van der Waals surface area contributed by atoms with E-state index in [4.69, 9.17) is 4.52 Å². The second-order valence-corrected chi connectivity index (χ2v) is 3.80. The van der Waals surface area contributed by atoms with Crippen LogP contribution in [0, 0.1) is 6.92 Å². The van der Waals surface area contributed by atoms with Crippen LogP contribution in [0.2, 0.25) is 0 Å². The number of pyridine rings is 1. The summed E-state index contributed by atoms with van der Waals surface area (Å²) in [5, 5.41) is 3.90. The summed E-state index contributed by atoms with van der Waals surface area (Å²) in [6.45, 7) is 6.00. The lowest BCUT2D eigenvalue weighted by atomic mass is 10.2. The fourth-order valence-corrected chi connectivity index (χ4v) is 1.18. The third kappa shape index (κ3) is 2.03. The standard InChI is InChI=1S/C11H13N3O/c1-7(2)10-13-11(15-14-10)9-5-4-8(3)12-6-9/h4-7H,1-3H3. The van der Waals surface area contributed by atoms with Crippen molar-refractivity contribution >= 4 is 0 Å². The average Bonchev–Trinajstić information content (AvgIpc) is 2.68. The Labute approximate surface area is 88.4 Å². The maximum atomic E-state index is 5.15. The Hall–Kier alpha value is -1.71. The molecule has 0 saturated carbocycles. The summed E-state index contributed by atoms with van der Waals surface area (Å²) in [6.07, 6.45) is 1.74. The zero-order valence-electron chi connectivity index (χ0n) is 9.06. The van der Waals surface area contributed by atoms with Crippen LogP contribution in [0.4, 0.5) is 0 Å². The van der Waals surface area contributed by atoms with Gasteiger partial charge in [-0.3, -0.25) is 4.98 Å². The van der Waals surface area contributed by atoms with Gasteiger partial charge in [-0.2, -0.15) is 4.98 Å². The quantitative estimate of drug-likeness (QED) is 0.752. The first-order valence-corrected chi connectivity index (χ1v) is 4.93. The van der Waals surface area contributed by atoms with Gasteiger partial charge in [0.05, 0.1) is 5.56 Å². The maximum absolute atomic E-state index is 5.15. The van der Waals surface area contributed by atoms with Crippen molar-refractivity contribution in [3.8, 4) is 11.5 Å². The molecule has 2 heterocycles. The predicted molar refractivity (Wildman–Crippen MR) is 56.4 cm³/mol. The first kappa shape index (κ1) is 9.83. The fraction of sp³-hybridized carbons (Fsp3) is 0.364. The van der Waals surface area contributed by atoms with E-state index < -0.39 is 0 Å². The smallest absolute Gasteiger partial charge is 0.259 e. The average molecular weight is 203 g/mol. The summed E-state index contributed by atoms with van der Waals surface area (Å²) in [5.74, 6) is 1.54. The SMILES string of the molecule is Cc1ccc(-c2nc(C(C)C)no2)cn1. The molecule has 2 aromatic rings. The van der Waals surface area contributed by atoms with Crippen LogP contribution in [0.1, 0.15) is 31.3 Å². The molecule has 0 aliphatic carbocycles. The molecule has 0 aromatic carbocycles. The predicted octanol–water partition coefficient (Wildman–Crippen LogP) is 2.56. The fourth-order valence-electron chi connectivity index (χ4n) is 1.18. The number of aryl methyl sites for hydroxylation is 1. The van der Waals surface area contributed by atoms with Gasteiger partial charge in [0.25, 0.3) is 5.89 Å². The molecule has 78 valence electrons. The molecule has 0 unspecified atom stereocenters. The van der Waals surface area contributed by atoms with Crippen LogP contribution < -0.4 is 0 Å². The molecule has 0 fully saturated rings. The van der Waals surface area contributed by atoms with E-state index >= 15 is 0 Å². The van der Waals surface area contributed by atoms with Crippen LogP contribution >= 0.6 is 0 Å². The highest BCUT2D eigenvalue weighted by Gasteiger charge is 2.11. The van der Waals surface area contributed by atoms with Crippen LogP contribution in [-0.4, -0.2) is 15.1 Å². The van der Waals surface area contributed by atoms with Gasteiger partial charge in [0, 0.05) is 17.8 Å². The molecule has 0 N–H and O–H groups in total. The van der Waals surface area contributed by atoms with Crippen LogP contribution in [0.5, 0.6) is 0 Å². The van der Waals surface area contributed by atoms with Crippen LogP contribution in [-0.2, 0) is 0 Å². The van der Waals surface area contributed by atoms with Crippen molar-refractivity contribution < 1.29 is 4.52 Å². The van der Waals surface area contributed by atoms with Gasteiger partial charge in [-0.05, 0) is 19.1 Å². The minimum absolute atomic E-state index is 0.279. The van der Waals surface area contributed by atoms with E-state index in [-0.39, 0.29) is 5.92 Å². The lowest BCUT2D eigenvalue weighted by Crippen LogP contribution is -1.89. The molecule has 4 nitrogen and oxygen atoms in total. The van der Waals surface area contributed by atoms with Gasteiger partial charge in [-0.1, -0.05) is 19.0 Å². The van der Waals surface area contributed by atoms with Crippen molar-refractivity contribution in [3.05, 3.63) is 29.8 Å². The van der Waals surface area contributed by atoms with E-state index in [0.717, 1.165) is 17.1 Å². The number of nitrogens with zero attached hydrogens (tertiary/aromatic N) is 3. The van der Waals surface area contributed by atoms with Crippen LogP contribution in [0.3, 0.4) is 0 Å². The van der Waals surface area contributed by atoms with E-state index in [1.54, 1.807) is 6.20 Å². The molecule has 2 rings (SSSR count). The van der Waals surface area contributed by atoms with Crippen LogP contribution in [0.15, 0.2) is 22.9 Å². The van der Waals surface area contributed by atoms with Gasteiger partial charge < -0.3 is 4.52 Å². The number of aromatic nitrogens is 3. The molecule has 0 spiro atoms. The van der Waals surface area contributed by atoms with E-state index in [2.05, 4.69) is 15.1 Å². The summed E-state index contributed by atoms with van der Waals surface area (Å²) < 4.78 is 5.15. The minimum atomic E-state index is 0.279. The Kier molecular flexibility index (Phi) is 2.49.